The zero-order valence-electron chi connectivity index (χ0n) is 11.6. The molecule has 110 valence electrons. The van der Waals surface area contributed by atoms with Crippen molar-refractivity contribution in [1.29, 1.82) is 0 Å². The molecule has 0 fully saturated rings. The summed E-state index contributed by atoms with van der Waals surface area (Å²) < 4.78 is 66.1. The molecule has 0 aliphatic carbocycles. The van der Waals surface area contributed by atoms with E-state index < -0.39 is 30.0 Å². The van der Waals surface area contributed by atoms with E-state index >= 15 is 0 Å². The molecule has 0 aromatic heterocycles. The van der Waals surface area contributed by atoms with Gasteiger partial charge >= 0.3 is 103 Å². The Morgan fingerprint density at radius 2 is 1.41 bits per heavy atom. The molecule has 0 bridgehead atoms. The number of rotatable bonds is 2. The average Bonchev–Trinajstić information content (AvgIpc) is 2.24. The van der Waals surface area contributed by atoms with Crippen molar-refractivity contribution < 1.29 is 139 Å². The smallest absolute Gasteiger partial charge is 0.744 e. The first-order valence-electron chi connectivity index (χ1n) is 4.77. The number of fused-ring (bicyclic) bond motifs is 1. The van der Waals surface area contributed by atoms with Gasteiger partial charge in [0, 0.05) is 5.39 Å². The van der Waals surface area contributed by atoms with Crippen LogP contribution in [0.5, 0.6) is 5.75 Å². The number of hydrogen-bond donors (Lipinski definition) is 1. The molecule has 2 aromatic rings. The maximum absolute atomic E-state index is 11.1. The molecule has 0 unspecified atom stereocenters. The topological polar surface area (TPSA) is 166 Å². The van der Waals surface area contributed by atoms with Crippen LogP contribution in [0.4, 0.5) is 0 Å². The van der Waals surface area contributed by atoms with Crippen LogP contribution in [-0.2, 0) is 20.2 Å². The summed E-state index contributed by atoms with van der Waals surface area (Å²) >= 11 is 0. The number of phenols is 1. The van der Waals surface area contributed by atoms with E-state index in [2.05, 4.69) is 0 Å². The van der Waals surface area contributed by atoms with Gasteiger partial charge in [0.05, 0.1) is 9.79 Å². The Bertz CT molecular complexity index is 877. The van der Waals surface area contributed by atoms with Crippen LogP contribution in [-0.4, -0.2) is 36.5 Å². The number of hydrogen-bond acceptors (Lipinski definition) is 7. The molecule has 0 aliphatic rings. The molecule has 0 radical (unpaired) electrons. The van der Waals surface area contributed by atoms with Gasteiger partial charge in [-0.3, -0.25) is 0 Å². The molecule has 0 spiro atoms. The molecule has 0 heterocycles. The van der Waals surface area contributed by atoms with Gasteiger partial charge in [-0.1, -0.05) is 6.07 Å². The van der Waals surface area contributed by atoms with Gasteiger partial charge in [-0.05, 0) is 29.7 Å². The Morgan fingerprint density at radius 3 is 1.86 bits per heavy atom. The zero-order valence-corrected chi connectivity index (χ0v) is 19.5. The SMILES string of the molecule is O.O=S(=O)([O-])c1cc(S(=O)(=O)[O-])c2cc(O)ccc2c1.[K+].[K+]. The number of benzene rings is 2. The first-order chi connectivity index (χ1) is 8.59. The van der Waals surface area contributed by atoms with E-state index in [1.165, 1.54) is 12.1 Å². The van der Waals surface area contributed by atoms with Crippen molar-refractivity contribution in [2.75, 3.05) is 0 Å². The van der Waals surface area contributed by atoms with Crippen molar-refractivity contribution in [3.05, 3.63) is 30.3 Å². The zero-order chi connectivity index (χ0) is 14.4. The summed E-state index contributed by atoms with van der Waals surface area (Å²) in [6, 6.07) is 4.80. The summed E-state index contributed by atoms with van der Waals surface area (Å²) in [5, 5.41) is 9.17. The van der Waals surface area contributed by atoms with E-state index in [0.29, 0.717) is 6.07 Å². The fourth-order valence-electron chi connectivity index (χ4n) is 1.64. The Kier molecular flexibility index (Phi) is 10.9. The van der Waals surface area contributed by atoms with Crippen LogP contribution >= 0.6 is 0 Å². The largest absolute Gasteiger partial charge is 1.00 e. The van der Waals surface area contributed by atoms with E-state index in [1.807, 2.05) is 0 Å². The second kappa shape index (κ2) is 9.31. The third kappa shape index (κ3) is 6.13. The van der Waals surface area contributed by atoms with Gasteiger partial charge in [0.2, 0.25) is 0 Å². The Balaban J connectivity index is 0. The normalized spacial score (nSPS) is 11.0. The molecule has 0 saturated carbocycles. The molecule has 3 N–H and O–H groups in total. The van der Waals surface area contributed by atoms with E-state index in [9.17, 15) is 31.0 Å². The summed E-state index contributed by atoms with van der Waals surface area (Å²) in [6.45, 7) is 0. The third-order valence-electron chi connectivity index (χ3n) is 2.43. The molecular weight excluding hydrogens is 390 g/mol. The molecule has 2 rings (SSSR count). The van der Waals surface area contributed by atoms with Gasteiger partial charge in [-0.2, -0.15) is 0 Å². The molecule has 2 aromatic carbocycles. The van der Waals surface area contributed by atoms with Gasteiger partial charge in [0.15, 0.2) is 0 Å². The van der Waals surface area contributed by atoms with Crippen LogP contribution in [0.25, 0.3) is 10.8 Å². The predicted octanol–water partition coefficient (Wildman–Crippen LogP) is -6.46. The summed E-state index contributed by atoms with van der Waals surface area (Å²) in [5.74, 6) is -0.296. The summed E-state index contributed by atoms with van der Waals surface area (Å²) in [7, 11) is -9.90. The maximum atomic E-state index is 11.1. The standard InChI is InChI=1S/C10H8O7S2.2K.H2O/c11-7-2-1-6-3-8(18(12,13)14)5-10(9(6)4-7)19(15,16)17;;;/h1-5,11H,(H,12,13,14)(H,15,16,17);;;1H2/q;2*+1;/p-2. The second-order valence-electron chi connectivity index (χ2n) is 3.74. The number of aromatic hydroxyl groups is 1. The quantitative estimate of drug-likeness (QED) is 0.388. The molecular formula is C10H8K2O8S2. The fourth-order valence-corrected chi connectivity index (χ4v) is 2.96. The van der Waals surface area contributed by atoms with Crippen LogP contribution in [0.3, 0.4) is 0 Å². The van der Waals surface area contributed by atoms with Gasteiger partial charge in [-0.25, -0.2) is 16.8 Å². The Labute approximate surface area is 211 Å². The molecule has 12 heteroatoms. The van der Waals surface area contributed by atoms with Crippen molar-refractivity contribution in [2.45, 2.75) is 9.79 Å². The number of phenolic OH excluding ortho intramolecular Hbond substituents is 1. The second-order valence-corrected chi connectivity index (χ2v) is 6.46. The summed E-state index contributed by atoms with van der Waals surface area (Å²) in [4.78, 5) is -1.68. The van der Waals surface area contributed by atoms with Gasteiger partial charge in [0.25, 0.3) is 0 Å². The first kappa shape index (κ1) is 25.8. The minimum absolute atomic E-state index is 0. The molecule has 22 heavy (non-hydrogen) atoms. The van der Waals surface area contributed by atoms with E-state index in [-0.39, 0.29) is 125 Å². The van der Waals surface area contributed by atoms with Crippen LogP contribution in [0.2, 0.25) is 0 Å². The molecule has 0 aliphatic heterocycles. The Morgan fingerprint density at radius 1 is 0.864 bits per heavy atom. The van der Waals surface area contributed by atoms with Crippen LogP contribution < -0.4 is 103 Å². The van der Waals surface area contributed by atoms with E-state index in [1.54, 1.807) is 0 Å². The van der Waals surface area contributed by atoms with Crippen molar-refractivity contribution >= 4 is 31.0 Å². The Hall–Kier alpha value is 1.55. The monoisotopic (exact) mass is 398 g/mol. The molecule has 0 amide bonds. The minimum Gasteiger partial charge on any atom is -0.744 e. The summed E-state index contributed by atoms with van der Waals surface area (Å²) in [6.07, 6.45) is 0. The van der Waals surface area contributed by atoms with Crippen LogP contribution in [0, 0.1) is 0 Å². The van der Waals surface area contributed by atoms with Crippen LogP contribution in [0.15, 0.2) is 40.1 Å². The van der Waals surface area contributed by atoms with Crippen molar-refractivity contribution in [3.8, 4) is 5.75 Å². The van der Waals surface area contributed by atoms with Crippen molar-refractivity contribution in [3.63, 3.8) is 0 Å². The third-order valence-corrected chi connectivity index (χ3v) is 4.12. The average molecular weight is 398 g/mol. The van der Waals surface area contributed by atoms with Crippen LogP contribution in [0.1, 0.15) is 0 Å². The van der Waals surface area contributed by atoms with Gasteiger partial charge < -0.3 is 19.7 Å². The minimum atomic E-state index is -4.99. The fraction of sp³-hybridized carbons (Fsp3) is 0. The van der Waals surface area contributed by atoms with Crippen molar-refractivity contribution in [2.24, 2.45) is 0 Å². The van der Waals surface area contributed by atoms with Crippen molar-refractivity contribution in [1.82, 2.24) is 0 Å². The van der Waals surface area contributed by atoms with Gasteiger partial charge in [0.1, 0.15) is 26.0 Å². The maximum Gasteiger partial charge on any atom is 1.00 e. The molecule has 0 saturated heterocycles. The predicted molar refractivity (Wildman–Crippen MR) is 65.2 cm³/mol. The molecule has 8 nitrogen and oxygen atoms in total. The van der Waals surface area contributed by atoms with E-state index in [4.69, 9.17) is 0 Å². The van der Waals surface area contributed by atoms with Gasteiger partial charge in [-0.15, -0.1) is 0 Å². The summed E-state index contributed by atoms with van der Waals surface area (Å²) in [5.41, 5.74) is 0. The van der Waals surface area contributed by atoms with E-state index in [0.717, 1.165) is 12.1 Å². The molecule has 0 atom stereocenters. The first-order valence-corrected chi connectivity index (χ1v) is 7.59.